The van der Waals surface area contributed by atoms with Gasteiger partial charge in [0, 0.05) is 12.0 Å². The average molecular weight is 245 g/mol. The van der Waals surface area contributed by atoms with Gasteiger partial charge in [-0.25, -0.2) is 14.6 Å². The number of nitrogens with zero attached hydrogens (tertiary/aromatic N) is 4. The van der Waals surface area contributed by atoms with Gasteiger partial charge in [-0.2, -0.15) is 5.10 Å². The van der Waals surface area contributed by atoms with E-state index in [4.69, 9.17) is 4.74 Å². The summed E-state index contributed by atoms with van der Waals surface area (Å²) in [4.78, 5) is 8.22. The summed E-state index contributed by atoms with van der Waals surface area (Å²) < 4.78 is 6.85. The summed E-state index contributed by atoms with van der Waals surface area (Å²) in [7, 11) is 0. The molecule has 1 N–H and O–H groups in total. The molecule has 0 spiro atoms. The molecule has 18 heavy (non-hydrogen) atoms. The smallest absolute Gasteiger partial charge is 0.155 e. The summed E-state index contributed by atoms with van der Waals surface area (Å²) in [6.45, 7) is 4.76. The fourth-order valence-corrected chi connectivity index (χ4v) is 1.82. The molecule has 2 aromatic rings. The number of hydrogen-bond donors (Lipinski definition) is 1. The molecule has 6 heteroatoms. The second-order valence-electron chi connectivity index (χ2n) is 4.90. The van der Waals surface area contributed by atoms with Crippen LogP contribution < -0.4 is 5.32 Å². The van der Waals surface area contributed by atoms with E-state index in [-0.39, 0.29) is 5.41 Å². The van der Waals surface area contributed by atoms with E-state index in [2.05, 4.69) is 27.3 Å². The molecule has 94 valence electrons. The molecule has 0 unspecified atom stereocenters. The van der Waals surface area contributed by atoms with Gasteiger partial charge in [0.1, 0.15) is 12.7 Å². The van der Waals surface area contributed by atoms with Crippen LogP contribution in [0.4, 0.5) is 5.69 Å². The van der Waals surface area contributed by atoms with Crippen LogP contribution in [0.15, 0.2) is 31.0 Å². The third-order valence-corrected chi connectivity index (χ3v) is 3.02. The van der Waals surface area contributed by atoms with Crippen LogP contribution in [-0.4, -0.2) is 39.5 Å². The van der Waals surface area contributed by atoms with E-state index in [9.17, 15) is 0 Å². The van der Waals surface area contributed by atoms with Crippen molar-refractivity contribution in [1.29, 1.82) is 0 Å². The lowest BCUT2D eigenvalue weighted by Crippen LogP contribution is -2.45. The molecule has 0 radical (unpaired) electrons. The van der Waals surface area contributed by atoms with Crippen LogP contribution in [0, 0.1) is 5.41 Å². The fraction of sp³-hybridized carbons (Fsp3) is 0.417. The normalized spacial score (nSPS) is 17.2. The van der Waals surface area contributed by atoms with Crippen LogP contribution in [-0.2, 0) is 4.74 Å². The molecular formula is C12H15N5O. The molecule has 0 atom stereocenters. The second-order valence-corrected chi connectivity index (χ2v) is 4.90. The first-order valence-electron chi connectivity index (χ1n) is 5.88. The van der Waals surface area contributed by atoms with Crippen molar-refractivity contribution in [2.75, 3.05) is 25.1 Å². The molecule has 1 aliphatic heterocycles. The molecule has 0 saturated carbocycles. The van der Waals surface area contributed by atoms with Gasteiger partial charge in [0.15, 0.2) is 5.82 Å². The number of aromatic nitrogens is 4. The topological polar surface area (TPSA) is 64.9 Å². The van der Waals surface area contributed by atoms with Crippen molar-refractivity contribution in [1.82, 2.24) is 19.7 Å². The zero-order chi connectivity index (χ0) is 12.4. The van der Waals surface area contributed by atoms with Crippen molar-refractivity contribution in [2.45, 2.75) is 6.92 Å². The maximum absolute atomic E-state index is 5.22. The average Bonchev–Trinajstić information content (AvgIpc) is 2.88. The molecule has 6 nitrogen and oxygen atoms in total. The number of rotatable bonds is 4. The van der Waals surface area contributed by atoms with Gasteiger partial charge >= 0.3 is 0 Å². The summed E-state index contributed by atoms with van der Waals surface area (Å²) in [5.41, 5.74) is 1.26. The summed E-state index contributed by atoms with van der Waals surface area (Å²) >= 11 is 0. The molecule has 0 bridgehead atoms. The van der Waals surface area contributed by atoms with Crippen molar-refractivity contribution in [3.63, 3.8) is 0 Å². The Kier molecular flexibility index (Phi) is 2.71. The van der Waals surface area contributed by atoms with Gasteiger partial charge < -0.3 is 10.1 Å². The van der Waals surface area contributed by atoms with Crippen molar-refractivity contribution in [3.8, 4) is 5.82 Å². The lowest BCUT2D eigenvalue weighted by Gasteiger charge is -2.38. The zero-order valence-electron chi connectivity index (χ0n) is 10.2. The first-order chi connectivity index (χ1) is 8.75. The van der Waals surface area contributed by atoms with Crippen LogP contribution in [0.1, 0.15) is 6.92 Å². The van der Waals surface area contributed by atoms with E-state index < -0.39 is 0 Å². The number of ether oxygens (including phenoxy) is 1. The van der Waals surface area contributed by atoms with Crippen LogP contribution in [0.25, 0.3) is 5.82 Å². The Morgan fingerprint density at radius 1 is 1.44 bits per heavy atom. The van der Waals surface area contributed by atoms with E-state index in [1.165, 1.54) is 6.33 Å². The van der Waals surface area contributed by atoms with Crippen molar-refractivity contribution in [3.05, 3.63) is 31.0 Å². The highest BCUT2D eigenvalue weighted by Crippen LogP contribution is 2.26. The molecular weight excluding hydrogens is 230 g/mol. The standard InChI is InChI=1S/C12H15N5O/c1-12(6-18-7-12)5-15-10-2-3-11(14-4-10)17-9-13-8-16-17/h2-4,8-9,15H,5-7H2,1H3. The van der Waals surface area contributed by atoms with Crippen molar-refractivity contribution >= 4 is 5.69 Å². The first-order valence-corrected chi connectivity index (χ1v) is 5.88. The van der Waals surface area contributed by atoms with Crippen molar-refractivity contribution < 1.29 is 4.74 Å². The minimum atomic E-state index is 0.255. The summed E-state index contributed by atoms with van der Waals surface area (Å²) in [6, 6.07) is 3.91. The van der Waals surface area contributed by atoms with E-state index >= 15 is 0 Å². The van der Waals surface area contributed by atoms with E-state index in [0.717, 1.165) is 31.3 Å². The quantitative estimate of drug-likeness (QED) is 0.874. The van der Waals surface area contributed by atoms with Gasteiger partial charge in [-0.15, -0.1) is 0 Å². The minimum absolute atomic E-state index is 0.255. The van der Waals surface area contributed by atoms with Crippen molar-refractivity contribution in [2.24, 2.45) is 5.41 Å². The fourth-order valence-electron chi connectivity index (χ4n) is 1.82. The molecule has 0 amide bonds. The predicted molar refractivity (Wildman–Crippen MR) is 66.6 cm³/mol. The molecule has 2 aromatic heterocycles. The zero-order valence-corrected chi connectivity index (χ0v) is 10.2. The number of hydrogen-bond acceptors (Lipinski definition) is 5. The summed E-state index contributed by atoms with van der Waals surface area (Å²) in [5, 5.41) is 7.40. The Hall–Kier alpha value is -1.95. The Labute approximate surface area is 105 Å². The van der Waals surface area contributed by atoms with Gasteiger partial charge in [0.05, 0.1) is 25.1 Å². The molecule has 0 aromatic carbocycles. The summed E-state index contributed by atoms with van der Waals surface area (Å²) in [6.07, 6.45) is 4.92. The van der Waals surface area contributed by atoms with E-state index in [0.29, 0.717) is 0 Å². The van der Waals surface area contributed by atoms with Crippen LogP contribution in [0.2, 0.25) is 0 Å². The molecule has 3 heterocycles. The van der Waals surface area contributed by atoms with Gasteiger partial charge in [0.2, 0.25) is 0 Å². The van der Waals surface area contributed by atoms with Gasteiger partial charge in [-0.1, -0.05) is 6.92 Å². The van der Waals surface area contributed by atoms with E-state index in [1.54, 1.807) is 17.2 Å². The largest absolute Gasteiger partial charge is 0.383 e. The lowest BCUT2D eigenvalue weighted by molar-refractivity contribution is -0.0924. The Morgan fingerprint density at radius 3 is 2.89 bits per heavy atom. The minimum Gasteiger partial charge on any atom is -0.383 e. The summed E-state index contributed by atoms with van der Waals surface area (Å²) in [5.74, 6) is 0.760. The van der Waals surface area contributed by atoms with E-state index in [1.807, 2.05) is 12.1 Å². The second kappa shape index (κ2) is 4.38. The number of nitrogens with one attached hydrogen (secondary N) is 1. The lowest BCUT2D eigenvalue weighted by atomic mass is 9.89. The maximum atomic E-state index is 5.22. The highest BCUT2D eigenvalue weighted by Gasteiger charge is 2.32. The highest BCUT2D eigenvalue weighted by molar-refractivity contribution is 5.43. The van der Waals surface area contributed by atoms with Gasteiger partial charge in [-0.3, -0.25) is 0 Å². The molecule has 1 saturated heterocycles. The van der Waals surface area contributed by atoms with Crippen LogP contribution >= 0.6 is 0 Å². The third-order valence-electron chi connectivity index (χ3n) is 3.02. The number of pyridine rings is 1. The van der Waals surface area contributed by atoms with Crippen LogP contribution in [0.5, 0.6) is 0 Å². The van der Waals surface area contributed by atoms with Gasteiger partial charge in [0.25, 0.3) is 0 Å². The Bertz CT molecular complexity index is 504. The molecule has 1 fully saturated rings. The van der Waals surface area contributed by atoms with Gasteiger partial charge in [-0.05, 0) is 12.1 Å². The monoisotopic (exact) mass is 245 g/mol. The molecule has 3 rings (SSSR count). The SMILES string of the molecule is CC1(CNc2ccc(-n3cncn3)nc2)COC1. The predicted octanol–water partition coefficient (Wildman–Crippen LogP) is 1.11. The number of anilines is 1. The Morgan fingerprint density at radius 2 is 2.33 bits per heavy atom. The highest BCUT2D eigenvalue weighted by atomic mass is 16.5. The maximum Gasteiger partial charge on any atom is 0.155 e. The Balaban J connectivity index is 1.64. The third kappa shape index (κ3) is 2.19. The van der Waals surface area contributed by atoms with Crippen LogP contribution in [0.3, 0.4) is 0 Å². The molecule has 0 aliphatic carbocycles. The molecule has 1 aliphatic rings. The first kappa shape index (κ1) is 11.2.